The minimum absolute atomic E-state index is 0.0859. The molecule has 0 spiro atoms. The zero-order chi connectivity index (χ0) is 18.9. The number of benzene rings is 1. The van der Waals surface area contributed by atoms with Crippen molar-refractivity contribution >= 4 is 17.2 Å². The Labute approximate surface area is 161 Å². The summed E-state index contributed by atoms with van der Waals surface area (Å²) in [7, 11) is 0. The first-order valence-electron chi connectivity index (χ1n) is 9.05. The smallest absolute Gasteiger partial charge is 0.254 e. The molecule has 1 aromatic carbocycles. The lowest BCUT2D eigenvalue weighted by molar-refractivity contribution is 0.0684. The molecule has 27 heavy (non-hydrogen) atoms. The topological polar surface area (TPSA) is 66.1 Å². The summed E-state index contributed by atoms with van der Waals surface area (Å²) in [6.07, 6.45) is 3.15. The zero-order valence-corrected chi connectivity index (χ0v) is 16.0. The monoisotopic (exact) mass is 379 g/mol. The van der Waals surface area contributed by atoms with Gasteiger partial charge in [-0.3, -0.25) is 9.59 Å². The third-order valence-corrected chi connectivity index (χ3v) is 6.14. The number of nitrogens with one attached hydrogen (secondary N) is 1. The molecule has 3 heterocycles. The van der Waals surface area contributed by atoms with Crippen molar-refractivity contribution in [1.82, 2.24) is 14.9 Å². The number of likely N-dealkylation sites (tertiary alicyclic amines) is 1. The number of thiazole rings is 1. The zero-order valence-electron chi connectivity index (χ0n) is 15.1. The first kappa shape index (κ1) is 17.7. The maximum atomic E-state index is 12.8. The average Bonchev–Trinajstić information content (AvgIpc) is 3.15. The molecule has 1 amide bonds. The molecule has 1 saturated heterocycles. The Kier molecular flexibility index (Phi) is 4.66. The van der Waals surface area contributed by atoms with Gasteiger partial charge in [-0.2, -0.15) is 0 Å². The molecular weight excluding hydrogens is 358 g/mol. The van der Waals surface area contributed by atoms with Crippen LogP contribution in [-0.2, 0) is 5.41 Å². The molecule has 138 valence electrons. The molecule has 1 fully saturated rings. The minimum atomic E-state index is -0.255. The summed E-state index contributed by atoms with van der Waals surface area (Å²) in [6, 6.07) is 13.5. The molecule has 1 N–H and O–H groups in total. The predicted octanol–water partition coefficient (Wildman–Crippen LogP) is 3.36. The Hall–Kier alpha value is -2.73. The summed E-state index contributed by atoms with van der Waals surface area (Å²) >= 11 is 1.67. The van der Waals surface area contributed by atoms with Crippen molar-refractivity contribution in [2.75, 3.05) is 13.1 Å². The molecular formula is C21H21N3O2S. The van der Waals surface area contributed by atoms with Crippen molar-refractivity contribution in [2.24, 2.45) is 0 Å². The number of piperidine rings is 1. The van der Waals surface area contributed by atoms with Gasteiger partial charge in [-0.25, -0.2) is 4.98 Å². The number of H-pyrrole nitrogens is 1. The van der Waals surface area contributed by atoms with E-state index in [1.54, 1.807) is 17.4 Å². The van der Waals surface area contributed by atoms with Crippen LogP contribution in [0.2, 0.25) is 0 Å². The Morgan fingerprint density at radius 3 is 2.56 bits per heavy atom. The van der Waals surface area contributed by atoms with Crippen molar-refractivity contribution < 1.29 is 4.79 Å². The number of amides is 1. The molecule has 3 aromatic rings. The summed E-state index contributed by atoms with van der Waals surface area (Å²) in [6.45, 7) is 3.30. The number of nitrogens with zero attached hydrogens (tertiary/aromatic N) is 2. The molecule has 5 nitrogen and oxygen atoms in total. The number of rotatable bonds is 3. The number of hydrogen-bond donors (Lipinski definition) is 1. The van der Waals surface area contributed by atoms with E-state index < -0.39 is 0 Å². The second-order valence-electron chi connectivity index (χ2n) is 6.93. The third-order valence-electron chi connectivity index (χ3n) is 5.36. The van der Waals surface area contributed by atoms with E-state index in [2.05, 4.69) is 34.6 Å². The molecule has 0 unspecified atom stereocenters. The first-order chi connectivity index (χ1) is 13.1. The molecule has 0 saturated carbocycles. The van der Waals surface area contributed by atoms with Crippen molar-refractivity contribution in [2.45, 2.75) is 25.2 Å². The SMILES string of the molecule is Cc1nc(C2(c3ccccc3)CCN(C(=O)c3cc[nH]c(=O)c3)CC2)cs1. The van der Waals surface area contributed by atoms with Gasteiger partial charge in [0, 0.05) is 41.7 Å². The molecule has 4 rings (SSSR count). The number of hydrogen-bond acceptors (Lipinski definition) is 4. The lowest BCUT2D eigenvalue weighted by atomic mass is 9.70. The van der Waals surface area contributed by atoms with Gasteiger partial charge in [-0.05, 0) is 31.4 Å². The molecule has 1 aliphatic heterocycles. The summed E-state index contributed by atoms with van der Waals surface area (Å²) in [4.78, 5) is 33.5. The van der Waals surface area contributed by atoms with E-state index in [-0.39, 0.29) is 16.9 Å². The van der Waals surface area contributed by atoms with Gasteiger partial charge in [-0.15, -0.1) is 11.3 Å². The van der Waals surface area contributed by atoms with Crippen molar-refractivity contribution in [3.63, 3.8) is 0 Å². The number of aromatic amines is 1. The van der Waals surface area contributed by atoms with Gasteiger partial charge in [-0.1, -0.05) is 30.3 Å². The maximum absolute atomic E-state index is 12.8. The summed E-state index contributed by atoms with van der Waals surface area (Å²) in [5.41, 5.74) is 2.36. The van der Waals surface area contributed by atoms with Crippen LogP contribution in [0.15, 0.2) is 58.8 Å². The predicted molar refractivity (Wildman–Crippen MR) is 106 cm³/mol. The Bertz CT molecular complexity index is 1000. The van der Waals surface area contributed by atoms with Gasteiger partial charge in [0.05, 0.1) is 10.7 Å². The van der Waals surface area contributed by atoms with E-state index in [0.717, 1.165) is 23.5 Å². The summed E-state index contributed by atoms with van der Waals surface area (Å²) in [5, 5.41) is 3.21. The van der Waals surface area contributed by atoms with Crippen LogP contribution >= 0.6 is 11.3 Å². The summed E-state index contributed by atoms with van der Waals surface area (Å²) < 4.78 is 0. The van der Waals surface area contributed by atoms with E-state index in [1.165, 1.54) is 17.8 Å². The van der Waals surface area contributed by atoms with Gasteiger partial charge in [0.1, 0.15) is 0 Å². The highest BCUT2D eigenvalue weighted by molar-refractivity contribution is 7.09. The highest BCUT2D eigenvalue weighted by atomic mass is 32.1. The van der Waals surface area contributed by atoms with Gasteiger partial charge < -0.3 is 9.88 Å². The van der Waals surface area contributed by atoms with Crippen LogP contribution in [0.4, 0.5) is 0 Å². The molecule has 0 aliphatic carbocycles. The number of pyridine rings is 1. The van der Waals surface area contributed by atoms with Gasteiger partial charge >= 0.3 is 0 Å². The normalized spacial score (nSPS) is 16.3. The average molecular weight is 379 g/mol. The van der Waals surface area contributed by atoms with Gasteiger partial charge in [0.2, 0.25) is 5.56 Å². The van der Waals surface area contributed by atoms with Crippen molar-refractivity contribution in [3.8, 4) is 0 Å². The van der Waals surface area contributed by atoms with Crippen LogP contribution in [-0.4, -0.2) is 33.9 Å². The van der Waals surface area contributed by atoms with Gasteiger partial charge in [0.15, 0.2) is 0 Å². The van der Waals surface area contributed by atoms with E-state index in [4.69, 9.17) is 4.98 Å². The molecule has 2 aromatic heterocycles. The quantitative estimate of drug-likeness (QED) is 0.759. The maximum Gasteiger partial charge on any atom is 0.254 e. The van der Waals surface area contributed by atoms with Crippen LogP contribution in [0.25, 0.3) is 0 Å². The fraction of sp³-hybridized carbons (Fsp3) is 0.286. The molecule has 6 heteroatoms. The number of aryl methyl sites for hydroxylation is 1. The fourth-order valence-electron chi connectivity index (χ4n) is 3.88. The van der Waals surface area contributed by atoms with Crippen LogP contribution in [0.5, 0.6) is 0 Å². The Morgan fingerprint density at radius 1 is 1.19 bits per heavy atom. The second-order valence-corrected chi connectivity index (χ2v) is 8.00. The lowest BCUT2D eigenvalue weighted by Gasteiger charge is -2.41. The molecule has 0 radical (unpaired) electrons. The van der Waals surface area contributed by atoms with E-state index in [1.807, 2.05) is 17.9 Å². The third kappa shape index (κ3) is 3.32. The van der Waals surface area contributed by atoms with E-state index in [9.17, 15) is 9.59 Å². The van der Waals surface area contributed by atoms with E-state index >= 15 is 0 Å². The standard InChI is InChI=1S/C21H21N3O2S/c1-15-23-18(14-27-15)21(17-5-3-2-4-6-17)8-11-24(12-9-21)20(26)16-7-10-22-19(25)13-16/h2-7,10,13-14H,8-9,11-12H2,1H3,(H,22,25). The summed E-state index contributed by atoms with van der Waals surface area (Å²) in [5.74, 6) is -0.0859. The molecule has 0 atom stereocenters. The molecule has 0 bridgehead atoms. The highest BCUT2D eigenvalue weighted by Crippen LogP contribution is 2.42. The fourth-order valence-corrected chi connectivity index (χ4v) is 4.60. The lowest BCUT2D eigenvalue weighted by Crippen LogP contribution is -2.46. The number of carbonyl (C=O) groups is 1. The Morgan fingerprint density at radius 2 is 1.93 bits per heavy atom. The van der Waals surface area contributed by atoms with E-state index in [0.29, 0.717) is 18.7 Å². The van der Waals surface area contributed by atoms with Crippen LogP contribution in [0, 0.1) is 6.92 Å². The van der Waals surface area contributed by atoms with Gasteiger partial charge in [0.25, 0.3) is 5.91 Å². The van der Waals surface area contributed by atoms with Crippen molar-refractivity contribution in [3.05, 3.63) is 86.2 Å². The second kappa shape index (κ2) is 7.12. The van der Waals surface area contributed by atoms with Crippen molar-refractivity contribution in [1.29, 1.82) is 0 Å². The van der Waals surface area contributed by atoms with Crippen LogP contribution in [0.1, 0.15) is 39.5 Å². The number of carbonyl (C=O) groups excluding carboxylic acids is 1. The highest BCUT2D eigenvalue weighted by Gasteiger charge is 2.40. The first-order valence-corrected chi connectivity index (χ1v) is 9.93. The molecule has 1 aliphatic rings. The Balaban J connectivity index is 1.62. The largest absolute Gasteiger partial charge is 0.339 e. The van der Waals surface area contributed by atoms with Crippen LogP contribution in [0.3, 0.4) is 0 Å². The number of aromatic nitrogens is 2. The van der Waals surface area contributed by atoms with Crippen LogP contribution < -0.4 is 5.56 Å². The minimum Gasteiger partial charge on any atom is -0.339 e.